The number of aryl methyl sites for hydroxylation is 1. The van der Waals surface area contributed by atoms with Crippen molar-refractivity contribution in [1.29, 1.82) is 0 Å². The van der Waals surface area contributed by atoms with Gasteiger partial charge in [-0.1, -0.05) is 12.1 Å². The quantitative estimate of drug-likeness (QED) is 0.780. The maximum Gasteiger partial charge on any atom is 0.0314 e. The van der Waals surface area contributed by atoms with E-state index in [2.05, 4.69) is 12.1 Å². The largest absolute Gasteiger partial charge is 0.399 e. The van der Waals surface area contributed by atoms with Gasteiger partial charge in [-0.25, -0.2) is 0 Å². The van der Waals surface area contributed by atoms with Crippen molar-refractivity contribution in [3.8, 4) is 0 Å². The molecule has 0 heterocycles. The van der Waals surface area contributed by atoms with Crippen LogP contribution in [0.25, 0.3) is 0 Å². The predicted molar refractivity (Wildman–Crippen MR) is 84.4 cm³/mol. The Bertz CT molecular complexity index is 438. The Labute approximate surface area is 122 Å². The Hall–Kier alpha value is -0.980. The molecule has 0 aromatic heterocycles. The van der Waals surface area contributed by atoms with Gasteiger partial charge >= 0.3 is 0 Å². The average molecular weight is 269 g/mol. The lowest BCUT2D eigenvalue weighted by Gasteiger charge is -2.57. The van der Waals surface area contributed by atoms with Crippen molar-refractivity contribution in [3.63, 3.8) is 0 Å². The van der Waals surface area contributed by atoms with E-state index in [1.165, 1.54) is 24.8 Å². The first-order chi connectivity index (χ1) is 9.71. The van der Waals surface area contributed by atoms with E-state index in [1.807, 2.05) is 12.1 Å². The summed E-state index contributed by atoms with van der Waals surface area (Å²) in [5, 5.41) is 0. The number of hydrogen-bond donors (Lipinski definition) is 1. The lowest BCUT2D eigenvalue weighted by atomic mass is 9.48. The SMILES string of the molecule is Nc1ccc(CCCC23CC4CC(CC(C4)C2)C3)cc1. The van der Waals surface area contributed by atoms with Crippen molar-refractivity contribution in [2.75, 3.05) is 5.73 Å². The first kappa shape index (κ1) is 12.7. The lowest BCUT2D eigenvalue weighted by molar-refractivity contribution is -0.0580. The van der Waals surface area contributed by atoms with Gasteiger partial charge in [0.15, 0.2) is 0 Å². The van der Waals surface area contributed by atoms with E-state index in [9.17, 15) is 0 Å². The van der Waals surface area contributed by atoms with Gasteiger partial charge in [-0.2, -0.15) is 0 Å². The molecule has 20 heavy (non-hydrogen) atoms. The summed E-state index contributed by atoms with van der Waals surface area (Å²) in [6.45, 7) is 0. The van der Waals surface area contributed by atoms with E-state index >= 15 is 0 Å². The summed E-state index contributed by atoms with van der Waals surface area (Å²) in [6, 6.07) is 8.49. The molecular weight excluding hydrogens is 242 g/mol. The van der Waals surface area contributed by atoms with Crippen LogP contribution in [0.1, 0.15) is 56.9 Å². The van der Waals surface area contributed by atoms with Crippen molar-refractivity contribution in [3.05, 3.63) is 29.8 Å². The summed E-state index contributed by atoms with van der Waals surface area (Å²) in [7, 11) is 0. The number of benzene rings is 1. The van der Waals surface area contributed by atoms with E-state index in [0.717, 1.165) is 28.9 Å². The van der Waals surface area contributed by atoms with Gasteiger partial charge in [-0.05, 0) is 98.7 Å². The van der Waals surface area contributed by atoms with E-state index in [-0.39, 0.29) is 0 Å². The summed E-state index contributed by atoms with van der Waals surface area (Å²) >= 11 is 0. The highest BCUT2D eigenvalue weighted by Gasteiger charge is 2.50. The molecule has 0 saturated heterocycles. The smallest absolute Gasteiger partial charge is 0.0314 e. The third-order valence-corrected chi connectivity index (χ3v) is 6.32. The van der Waals surface area contributed by atoms with Gasteiger partial charge in [0.05, 0.1) is 0 Å². The van der Waals surface area contributed by atoms with Gasteiger partial charge in [-0.15, -0.1) is 0 Å². The van der Waals surface area contributed by atoms with Crippen molar-refractivity contribution in [2.45, 2.75) is 57.8 Å². The zero-order valence-corrected chi connectivity index (χ0v) is 12.5. The molecule has 0 atom stereocenters. The van der Waals surface area contributed by atoms with E-state index in [0.29, 0.717) is 0 Å². The van der Waals surface area contributed by atoms with Crippen LogP contribution in [0.3, 0.4) is 0 Å². The van der Waals surface area contributed by atoms with Crippen LogP contribution >= 0.6 is 0 Å². The highest BCUT2D eigenvalue weighted by atomic mass is 14.6. The molecule has 4 saturated carbocycles. The average Bonchev–Trinajstić information content (AvgIpc) is 2.39. The van der Waals surface area contributed by atoms with E-state index in [1.54, 1.807) is 38.5 Å². The number of rotatable bonds is 4. The zero-order chi connectivity index (χ0) is 13.6. The van der Waals surface area contributed by atoms with Crippen LogP contribution in [-0.2, 0) is 6.42 Å². The first-order valence-corrected chi connectivity index (χ1v) is 8.55. The van der Waals surface area contributed by atoms with Crippen LogP contribution in [0, 0.1) is 23.2 Å². The monoisotopic (exact) mass is 269 g/mol. The molecule has 1 heteroatoms. The number of nitrogens with two attached hydrogens (primary N) is 1. The fourth-order valence-electron chi connectivity index (χ4n) is 5.95. The van der Waals surface area contributed by atoms with Gasteiger partial charge in [0.25, 0.3) is 0 Å². The van der Waals surface area contributed by atoms with Gasteiger partial charge in [0.2, 0.25) is 0 Å². The zero-order valence-electron chi connectivity index (χ0n) is 12.5. The van der Waals surface area contributed by atoms with Crippen molar-refractivity contribution in [1.82, 2.24) is 0 Å². The molecule has 4 aliphatic carbocycles. The van der Waals surface area contributed by atoms with E-state index in [4.69, 9.17) is 5.73 Å². The molecule has 4 fully saturated rings. The minimum absolute atomic E-state index is 0.753. The highest BCUT2D eigenvalue weighted by molar-refractivity contribution is 5.39. The molecule has 2 N–H and O–H groups in total. The predicted octanol–water partition coefficient (Wildman–Crippen LogP) is 4.81. The van der Waals surface area contributed by atoms with Gasteiger partial charge in [-0.3, -0.25) is 0 Å². The highest BCUT2D eigenvalue weighted by Crippen LogP contribution is 2.61. The van der Waals surface area contributed by atoms with Gasteiger partial charge < -0.3 is 5.73 Å². The van der Waals surface area contributed by atoms with Crippen LogP contribution < -0.4 is 5.73 Å². The Morgan fingerprint density at radius 2 is 1.45 bits per heavy atom. The second kappa shape index (κ2) is 4.79. The third-order valence-electron chi connectivity index (χ3n) is 6.32. The van der Waals surface area contributed by atoms with Crippen molar-refractivity contribution in [2.24, 2.45) is 23.2 Å². The van der Waals surface area contributed by atoms with Gasteiger partial charge in [0.1, 0.15) is 0 Å². The molecule has 4 aliphatic rings. The fraction of sp³-hybridized carbons (Fsp3) is 0.684. The topological polar surface area (TPSA) is 26.0 Å². The maximum absolute atomic E-state index is 5.76. The van der Waals surface area contributed by atoms with E-state index < -0.39 is 0 Å². The minimum atomic E-state index is 0.753. The molecule has 1 aromatic carbocycles. The second-order valence-corrected chi connectivity index (χ2v) is 8.01. The molecule has 0 aliphatic heterocycles. The van der Waals surface area contributed by atoms with Crippen molar-refractivity contribution >= 4 is 5.69 Å². The molecular formula is C19H27N. The van der Waals surface area contributed by atoms with Crippen LogP contribution in [-0.4, -0.2) is 0 Å². The number of hydrogen-bond acceptors (Lipinski definition) is 1. The summed E-state index contributed by atoms with van der Waals surface area (Å²) in [5.41, 5.74) is 8.86. The molecule has 0 unspecified atom stereocenters. The Kier molecular flexibility index (Phi) is 3.05. The standard InChI is InChI=1S/C19H27N/c20-18-5-3-14(4-6-18)2-1-7-19-11-15-8-16(12-19)10-17(9-15)13-19/h3-6,15-17H,1-2,7-13,20H2. The van der Waals surface area contributed by atoms with Crippen LogP contribution in [0.2, 0.25) is 0 Å². The second-order valence-electron chi connectivity index (χ2n) is 8.01. The first-order valence-electron chi connectivity index (χ1n) is 8.55. The molecule has 0 amide bonds. The Morgan fingerprint density at radius 3 is 2.00 bits per heavy atom. The molecule has 0 spiro atoms. The normalized spacial score (nSPS) is 38.3. The van der Waals surface area contributed by atoms with Crippen LogP contribution in [0.4, 0.5) is 5.69 Å². The molecule has 5 rings (SSSR count). The summed E-state index contributed by atoms with van der Waals surface area (Å²) in [6.07, 6.45) is 13.5. The number of anilines is 1. The molecule has 1 nitrogen and oxygen atoms in total. The lowest BCUT2D eigenvalue weighted by Crippen LogP contribution is -2.45. The molecule has 108 valence electrons. The van der Waals surface area contributed by atoms with Gasteiger partial charge in [0, 0.05) is 5.69 Å². The minimum Gasteiger partial charge on any atom is -0.399 e. The van der Waals surface area contributed by atoms with Crippen LogP contribution in [0.5, 0.6) is 0 Å². The summed E-state index contributed by atoms with van der Waals surface area (Å²) in [5.74, 6) is 3.29. The summed E-state index contributed by atoms with van der Waals surface area (Å²) < 4.78 is 0. The Morgan fingerprint density at radius 1 is 0.900 bits per heavy atom. The maximum atomic E-state index is 5.76. The molecule has 4 bridgehead atoms. The molecule has 1 aromatic rings. The van der Waals surface area contributed by atoms with Crippen LogP contribution in [0.15, 0.2) is 24.3 Å². The Balaban J connectivity index is 1.36. The fourth-order valence-corrected chi connectivity index (χ4v) is 5.95. The molecule has 0 radical (unpaired) electrons. The third kappa shape index (κ3) is 2.36. The number of nitrogen functional groups attached to an aromatic ring is 1. The van der Waals surface area contributed by atoms with Crippen molar-refractivity contribution < 1.29 is 0 Å². The summed E-state index contributed by atoms with van der Waals surface area (Å²) in [4.78, 5) is 0.